The molecular weight excluding hydrogens is 258 g/mol. The van der Waals surface area contributed by atoms with Crippen molar-refractivity contribution in [1.29, 1.82) is 0 Å². The Morgan fingerprint density at radius 2 is 1.52 bits per heavy atom. The molecule has 0 fully saturated rings. The van der Waals surface area contributed by atoms with Gasteiger partial charge in [-0.3, -0.25) is 0 Å². The van der Waals surface area contributed by atoms with Crippen LogP contribution in [0.25, 0.3) is 11.1 Å². The topological polar surface area (TPSA) is 21.3 Å². The van der Waals surface area contributed by atoms with Crippen LogP contribution in [0.4, 0.5) is 0 Å². The van der Waals surface area contributed by atoms with E-state index < -0.39 is 0 Å². The molecule has 0 aromatic heterocycles. The summed E-state index contributed by atoms with van der Waals surface area (Å²) in [4.78, 5) is 0. The normalized spacial score (nSPS) is 13.7. The van der Waals surface area contributed by atoms with Gasteiger partial charge in [-0.05, 0) is 43.1 Å². The zero-order chi connectivity index (χ0) is 15.1. The van der Waals surface area contributed by atoms with Gasteiger partial charge in [0.25, 0.3) is 0 Å². The second kappa shape index (κ2) is 7.84. The number of ether oxygens (including phenoxy) is 1. The van der Waals surface area contributed by atoms with Gasteiger partial charge in [-0.25, -0.2) is 0 Å². The van der Waals surface area contributed by atoms with Crippen LogP contribution in [0, 0.1) is 0 Å². The van der Waals surface area contributed by atoms with Crippen molar-refractivity contribution < 1.29 is 4.74 Å². The highest BCUT2D eigenvalue weighted by atomic mass is 16.5. The van der Waals surface area contributed by atoms with E-state index in [2.05, 4.69) is 74.6 Å². The minimum absolute atomic E-state index is 0.164. The second-order valence-corrected chi connectivity index (χ2v) is 5.29. The van der Waals surface area contributed by atoms with E-state index in [0.29, 0.717) is 6.04 Å². The fraction of sp³-hybridized carbons (Fsp3) is 0.368. The van der Waals surface area contributed by atoms with Crippen LogP contribution in [0.1, 0.15) is 27.2 Å². The highest BCUT2D eigenvalue weighted by Crippen LogP contribution is 2.23. The summed E-state index contributed by atoms with van der Waals surface area (Å²) in [6.45, 7) is 7.41. The molecule has 0 heterocycles. The number of benzene rings is 2. The summed E-state index contributed by atoms with van der Waals surface area (Å²) in [5, 5.41) is 3.46. The first-order chi connectivity index (χ1) is 10.2. The summed E-state index contributed by atoms with van der Waals surface area (Å²) >= 11 is 0. The van der Waals surface area contributed by atoms with Crippen LogP contribution >= 0.6 is 0 Å². The Morgan fingerprint density at radius 3 is 2.10 bits per heavy atom. The van der Waals surface area contributed by atoms with Crippen LogP contribution < -0.4 is 10.1 Å². The van der Waals surface area contributed by atoms with Crippen LogP contribution in [-0.4, -0.2) is 18.7 Å². The van der Waals surface area contributed by atoms with Crippen molar-refractivity contribution in [3.63, 3.8) is 0 Å². The van der Waals surface area contributed by atoms with Crippen LogP contribution in [0.2, 0.25) is 0 Å². The van der Waals surface area contributed by atoms with E-state index in [0.717, 1.165) is 18.7 Å². The van der Waals surface area contributed by atoms with Gasteiger partial charge in [0.2, 0.25) is 0 Å². The van der Waals surface area contributed by atoms with Gasteiger partial charge in [0, 0.05) is 6.04 Å². The van der Waals surface area contributed by atoms with Gasteiger partial charge >= 0.3 is 0 Å². The summed E-state index contributed by atoms with van der Waals surface area (Å²) in [5.41, 5.74) is 2.45. The van der Waals surface area contributed by atoms with Crippen molar-refractivity contribution in [2.24, 2.45) is 0 Å². The average molecular weight is 283 g/mol. The largest absolute Gasteiger partial charge is 0.489 e. The third-order valence-corrected chi connectivity index (χ3v) is 3.76. The number of rotatable bonds is 7. The van der Waals surface area contributed by atoms with Crippen molar-refractivity contribution >= 4 is 0 Å². The number of nitrogens with one attached hydrogen (secondary N) is 1. The lowest BCUT2D eigenvalue weighted by atomic mass is 10.1. The molecule has 1 N–H and O–H groups in total. The van der Waals surface area contributed by atoms with Crippen molar-refractivity contribution in [2.45, 2.75) is 39.3 Å². The average Bonchev–Trinajstić information content (AvgIpc) is 2.54. The molecule has 0 saturated heterocycles. The third-order valence-electron chi connectivity index (χ3n) is 3.76. The van der Waals surface area contributed by atoms with E-state index in [-0.39, 0.29) is 6.10 Å². The molecule has 2 unspecified atom stereocenters. The molecule has 0 aliphatic carbocycles. The van der Waals surface area contributed by atoms with Crippen LogP contribution in [0.3, 0.4) is 0 Å². The fourth-order valence-corrected chi connectivity index (χ4v) is 2.56. The molecule has 0 aliphatic rings. The Balaban J connectivity index is 2.02. The minimum Gasteiger partial charge on any atom is -0.489 e. The van der Waals surface area contributed by atoms with Crippen molar-refractivity contribution in [3.05, 3.63) is 54.6 Å². The standard InChI is InChI=1S/C19H25NO/c1-4-19(20-5-2)15(3)21-18-13-11-17(12-14-18)16-9-7-6-8-10-16/h6-15,19-20H,4-5H2,1-3H3. The summed E-state index contributed by atoms with van der Waals surface area (Å²) in [6, 6.07) is 19.1. The molecule has 112 valence electrons. The van der Waals surface area contributed by atoms with Crippen LogP contribution in [-0.2, 0) is 0 Å². The zero-order valence-electron chi connectivity index (χ0n) is 13.2. The van der Waals surface area contributed by atoms with E-state index in [1.807, 2.05) is 6.07 Å². The molecule has 2 atom stereocenters. The Morgan fingerprint density at radius 1 is 0.905 bits per heavy atom. The van der Waals surface area contributed by atoms with Crippen LogP contribution in [0.15, 0.2) is 54.6 Å². The van der Waals surface area contributed by atoms with Gasteiger partial charge in [-0.15, -0.1) is 0 Å². The maximum absolute atomic E-state index is 6.05. The van der Waals surface area contributed by atoms with Crippen LogP contribution in [0.5, 0.6) is 5.75 Å². The maximum atomic E-state index is 6.05. The monoisotopic (exact) mass is 283 g/mol. The van der Waals surface area contributed by atoms with E-state index in [1.54, 1.807) is 0 Å². The molecule has 2 aromatic rings. The summed E-state index contributed by atoms with van der Waals surface area (Å²) in [5.74, 6) is 0.929. The minimum atomic E-state index is 0.164. The summed E-state index contributed by atoms with van der Waals surface area (Å²) in [7, 11) is 0. The van der Waals surface area contributed by atoms with E-state index >= 15 is 0 Å². The molecular formula is C19H25NO. The van der Waals surface area contributed by atoms with Gasteiger partial charge in [0.15, 0.2) is 0 Å². The first-order valence-electron chi connectivity index (χ1n) is 7.80. The Hall–Kier alpha value is -1.80. The summed E-state index contributed by atoms with van der Waals surface area (Å²) in [6.07, 6.45) is 1.23. The van der Waals surface area contributed by atoms with Crippen molar-refractivity contribution in [1.82, 2.24) is 5.32 Å². The van der Waals surface area contributed by atoms with E-state index in [1.165, 1.54) is 11.1 Å². The molecule has 2 aromatic carbocycles. The molecule has 21 heavy (non-hydrogen) atoms. The van der Waals surface area contributed by atoms with Gasteiger partial charge in [-0.1, -0.05) is 56.3 Å². The Kier molecular flexibility index (Phi) is 5.82. The lowest BCUT2D eigenvalue weighted by Crippen LogP contribution is -2.40. The lowest BCUT2D eigenvalue weighted by Gasteiger charge is -2.24. The highest BCUT2D eigenvalue weighted by molar-refractivity contribution is 5.63. The number of likely N-dealkylation sites (N-methyl/N-ethyl adjacent to an activating group) is 1. The SMILES string of the molecule is CCNC(CC)C(C)Oc1ccc(-c2ccccc2)cc1. The molecule has 2 heteroatoms. The number of hydrogen-bond acceptors (Lipinski definition) is 2. The molecule has 0 radical (unpaired) electrons. The van der Waals surface area contributed by atoms with Gasteiger partial charge in [0.1, 0.15) is 11.9 Å². The first-order valence-corrected chi connectivity index (χ1v) is 7.80. The maximum Gasteiger partial charge on any atom is 0.119 e. The van der Waals surface area contributed by atoms with Gasteiger partial charge in [-0.2, -0.15) is 0 Å². The van der Waals surface area contributed by atoms with Crippen molar-refractivity contribution in [2.75, 3.05) is 6.54 Å². The molecule has 0 spiro atoms. The molecule has 2 nitrogen and oxygen atoms in total. The number of hydrogen-bond donors (Lipinski definition) is 1. The molecule has 0 saturated carbocycles. The first kappa shape index (κ1) is 15.6. The fourth-order valence-electron chi connectivity index (χ4n) is 2.56. The Labute approximate surface area is 128 Å². The zero-order valence-corrected chi connectivity index (χ0v) is 13.2. The van der Waals surface area contributed by atoms with Crippen molar-refractivity contribution in [3.8, 4) is 16.9 Å². The highest BCUT2D eigenvalue weighted by Gasteiger charge is 2.15. The van der Waals surface area contributed by atoms with E-state index in [9.17, 15) is 0 Å². The van der Waals surface area contributed by atoms with E-state index in [4.69, 9.17) is 4.74 Å². The lowest BCUT2D eigenvalue weighted by molar-refractivity contribution is 0.168. The predicted octanol–water partition coefficient (Wildman–Crippen LogP) is 4.51. The Bertz CT molecular complexity index is 521. The molecule has 0 aliphatic heterocycles. The molecule has 0 amide bonds. The van der Waals surface area contributed by atoms with Gasteiger partial charge < -0.3 is 10.1 Å². The second-order valence-electron chi connectivity index (χ2n) is 5.29. The molecule has 2 rings (SSSR count). The van der Waals surface area contributed by atoms with Gasteiger partial charge in [0.05, 0.1) is 0 Å². The predicted molar refractivity (Wildman–Crippen MR) is 89.7 cm³/mol. The third kappa shape index (κ3) is 4.33. The molecule has 0 bridgehead atoms. The smallest absolute Gasteiger partial charge is 0.119 e. The quantitative estimate of drug-likeness (QED) is 0.807. The summed E-state index contributed by atoms with van der Waals surface area (Å²) < 4.78 is 6.05.